The Bertz CT molecular complexity index is 371. The first-order chi connectivity index (χ1) is 7.29. The van der Waals surface area contributed by atoms with E-state index < -0.39 is 12.8 Å². The third-order valence-electron chi connectivity index (χ3n) is 1.87. The molecule has 2 nitrogen and oxygen atoms in total. The summed E-state index contributed by atoms with van der Waals surface area (Å²) in [6, 6.07) is 4.58. The quantitative estimate of drug-likeness (QED) is 0.912. The lowest BCUT2D eigenvalue weighted by molar-refractivity contribution is -0.153. The first kappa shape index (κ1) is 16.5. The lowest BCUT2D eigenvalue weighted by Gasteiger charge is -2.12. The number of halogens is 5. The minimum absolute atomic E-state index is 0. The number of benzene rings is 1. The third kappa shape index (κ3) is 5.61. The molecule has 0 aromatic heterocycles. The van der Waals surface area contributed by atoms with Gasteiger partial charge in [-0.25, -0.2) is 0 Å². The van der Waals surface area contributed by atoms with Crippen LogP contribution in [0.25, 0.3) is 0 Å². The van der Waals surface area contributed by atoms with Gasteiger partial charge in [-0.05, 0) is 40.5 Å². The lowest BCUT2D eigenvalue weighted by atomic mass is 10.1. The summed E-state index contributed by atoms with van der Waals surface area (Å²) in [5.74, 6) is 0.154. The van der Waals surface area contributed by atoms with Crippen LogP contribution < -0.4 is 10.5 Å². The van der Waals surface area contributed by atoms with Crippen LogP contribution in [0.15, 0.2) is 22.7 Å². The summed E-state index contributed by atoms with van der Waals surface area (Å²) >= 11 is 3.14. The third-order valence-corrected chi connectivity index (χ3v) is 2.49. The van der Waals surface area contributed by atoms with Crippen LogP contribution in [-0.4, -0.2) is 12.8 Å². The zero-order valence-corrected chi connectivity index (χ0v) is 11.3. The summed E-state index contributed by atoms with van der Waals surface area (Å²) in [5, 5.41) is 0. The van der Waals surface area contributed by atoms with Crippen molar-refractivity contribution in [1.29, 1.82) is 0 Å². The number of rotatable bonds is 3. The number of hydrogen-bond donors (Lipinski definition) is 1. The van der Waals surface area contributed by atoms with Gasteiger partial charge in [0.2, 0.25) is 0 Å². The molecule has 0 bridgehead atoms. The van der Waals surface area contributed by atoms with E-state index in [4.69, 9.17) is 5.73 Å². The highest BCUT2D eigenvalue weighted by Crippen LogP contribution is 2.29. The number of ether oxygens (including phenoxy) is 1. The van der Waals surface area contributed by atoms with Gasteiger partial charge in [0, 0.05) is 6.04 Å². The Morgan fingerprint density at radius 3 is 2.41 bits per heavy atom. The standard InChI is InChI=1S/C10H11BrF3NO.ClH/c1-6(15)7-2-3-9(8(11)4-7)16-5-10(12,13)14;/h2-4,6H,5,15H2,1H3;1H. The first-order valence-electron chi connectivity index (χ1n) is 4.54. The molecule has 0 heterocycles. The smallest absolute Gasteiger partial charge is 0.422 e. The van der Waals surface area contributed by atoms with E-state index >= 15 is 0 Å². The summed E-state index contributed by atoms with van der Waals surface area (Å²) < 4.78 is 40.8. The fraction of sp³-hybridized carbons (Fsp3) is 0.400. The monoisotopic (exact) mass is 333 g/mol. The highest BCUT2D eigenvalue weighted by molar-refractivity contribution is 9.10. The van der Waals surface area contributed by atoms with Crippen LogP contribution in [0.1, 0.15) is 18.5 Å². The van der Waals surface area contributed by atoms with Crippen molar-refractivity contribution in [2.75, 3.05) is 6.61 Å². The van der Waals surface area contributed by atoms with Crippen LogP contribution in [0, 0.1) is 0 Å². The summed E-state index contributed by atoms with van der Waals surface area (Å²) in [6.45, 7) is 0.487. The average Bonchev–Trinajstić information content (AvgIpc) is 2.14. The van der Waals surface area contributed by atoms with Gasteiger partial charge in [0.05, 0.1) is 4.47 Å². The van der Waals surface area contributed by atoms with Crippen molar-refractivity contribution >= 4 is 28.3 Å². The van der Waals surface area contributed by atoms with Crippen LogP contribution in [0.2, 0.25) is 0 Å². The summed E-state index contributed by atoms with van der Waals surface area (Å²) in [6.07, 6.45) is -4.33. The molecule has 17 heavy (non-hydrogen) atoms. The molecule has 0 amide bonds. The van der Waals surface area contributed by atoms with E-state index in [2.05, 4.69) is 20.7 Å². The predicted octanol–water partition coefficient (Wildman–Crippen LogP) is 3.83. The van der Waals surface area contributed by atoms with Crippen molar-refractivity contribution in [3.63, 3.8) is 0 Å². The zero-order chi connectivity index (χ0) is 12.3. The SMILES string of the molecule is CC(N)c1ccc(OCC(F)(F)F)c(Br)c1.Cl. The fourth-order valence-electron chi connectivity index (χ4n) is 1.08. The van der Waals surface area contributed by atoms with Crippen LogP contribution in [0.3, 0.4) is 0 Å². The van der Waals surface area contributed by atoms with E-state index in [-0.39, 0.29) is 24.2 Å². The molecule has 0 aliphatic carbocycles. The van der Waals surface area contributed by atoms with Crippen molar-refractivity contribution in [3.05, 3.63) is 28.2 Å². The molecule has 1 rings (SSSR count). The molecule has 0 fully saturated rings. The zero-order valence-electron chi connectivity index (χ0n) is 8.92. The molecular formula is C10H12BrClF3NO. The van der Waals surface area contributed by atoms with Gasteiger partial charge in [-0.1, -0.05) is 6.07 Å². The average molecular weight is 335 g/mol. The van der Waals surface area contributed by atoms with Crippen LogP contribution >= 0.6 is 28.3 Å². The Hall–Kier alpha value is -0.460. The Labute approximate surface area is 112 Å². The van der Waals surface area contributed by atoms with Crippen molar-refractivity contribution < 1.29 is 17.9 Å². The second-order valence-corrected chi connectivity index (χ2v) is 4.24. The van der Waals surface area contributed by atoms with Gasteiger partial charge >= 0.3 is 6.18 Å². The molecule has 1 atom stereocenters. The molecule has 0 radical (unpaired) electrons. The highest BCUT2D eigenvalue weighted by Gasteiger charge is 2.28. The van der Waals surface area contributed by atoms with E-state index in [1.807, 2.05) is 0 Å². The molecule has 1 aromatic carbocycles. The molecule has 0 saturated carbocycles. The van der Waals surface area contributed by atoms with Gasteiger partial charge in [0.1, 0.15) is 5.75 Å². The van der Waals surface area contributed by atoms with E-state index in [0.717, 1.165) is 5.56 Å². The second kappa shape index (κ2) is 6.47. The maximum atomic E-state index is 11.9. The Balaban J connectivity index is 0.00000256. The van der Waals surface area contributed by atoms with Gasteiger partial charge in [0.15, 0.2) is 6.61 Å². The van der Waals surface area contributed by atoms with Gasteiger partial charge in [-0.2, -0.15) is 13.2 Å². The van der Waals surface area contributed by atoms with Gasteiger partial charge in [0.25, 0.3) is 0 Å². The van der Waals surface area contributed by atoms with Crippen LogP contribution in [0.4, 0.5) is 13.2 Å². The predicted molar refractivity (Wildman–Crippen MR) is 65.5 cm³/mol. The first-order valence-corrected chi connectivity index (χ1v) is 5.33. The van der Waals surface area contributed by atoms with Gasteiger partial charge < -0.3 is 10.5 Å². The maximum Gasteiger partial charge on any atom is 0.422 e. The lowest BCUT2D eigenvalue weighted by Crippen LogP contribution is -2.19. The molecule has 0 spiro atoms. The summed E-state index contributed by atoms with van der Waals surface area (Å²) in [4.78, 5) is 0. The summed E-state index contributed by atoms with van der Waals surface area (Å²) in [5.41, 5.74) is 6.46. The number of hydrogen-bond acceptors (Lipinski definition) is 2. The topological polar surface area (TPSA) is 35.2 Å². The minimum atomic E-state index is -4.33. The van der Waals surface area contributed by atoms with Crippen LogP contribution in [-0.2, 0) is 0 Å². The number of alkyl halides is 3. The molecule has 98 valence electrons. The molecule has 1 aromatic rings. The normalized spacial score (nSPS) is 12.8. The van der Waals surface area contributed by atoms with Crippen molar-refractivity contribution in [2.24, 2.45) is 5.73 Å². The fourth-order valence-corrected chi connectivity index (χ4v) is 1.59. The summed E-state index contributed by atoms with van der Waals surface area (Å²) in [7, 11) is 0. The van der Waals surface area contributed by atoms with Crippen LogP contribution in [0.5, 0.6) is 5.75 Å². The molecule has 0 aliphatic heterocycles. The van der Waals surface area contributed by atoms with E-state index in [1.54, 1.807) is 19.1 Å². The Kier molecular flexibility index (Phi) is 6.29. The molecule has 0 aliphatic rings. The van der Waals surface area contributed by atoms with Crippen molar-refractivity contribution in [1.82, 2.24) is 0 Å². The molecule has 2 N–H and O–H groups in total. The van der Waals surface area contributed by atoms with E-state index in [1.165, 1.54) is 6.07 Å². The Morgan fingerprint density at radius 2 is 2.00 bits per heavy atom. The maximum absolute atomic E-state index is 11.9. The minimum Gasteiger partial charge on any atom is -0.483 e. The van der Waals surface area contributed by atoms with E-state index in [9.17, 15) is 13.2 Å². The molecule has 0 saturated heterocycles. The van der Waals surface area contributed by atoms with Gasteiger partial charge in [-0.15, -0.1) is 12.4 Å². The number of nitrogens with two attached hydrogens (primary N) is 1. The molecular weight excluding hydrogens is 322 g/mol. The molecule has 1 unspecified atom stereocenters. The second-order valence-electron chi connectivity index (χ2n) is 3.38. The molecule has 7 heteroatoms. The highest BCUT2D eigenvalue weighted by atomic mass is 79.9. The van der Waals surface area contributed by atoms with Crippen molar-refractivity contribution in [2.45, 2.75) is 19.1 Å². The largest absolute Gasteiger partial charge is 0.483 e. The van der Waals surface area contributed by atoms with Crippen molar-refractivity contribution in [3.8, 4) is 5.75 Å². The van der Waals surface area contributed by atoms with E-state index in [0.29, 0.717) is 4.47 Å². The van der Waals surface area contributed by atoms with Gasteiger partial charge in [-0.3, -0.25) is 0 Å². The Morgan fingerprint density at radius 1 is 1.41 bits per heavy atom.